The number of aromatic nitrogens is 2. The van der Waals surface area contributed by atoms with Gasteiger partial charge in [0.05, 0.1) is 22.7 Å². The number of hydrogen-bond acceptors (Lipinski definition) is 4. The Kier molecular flexibility index (Phi) is 7.86. The van der Waals surface area contributed by atoms with Crippen molar-refractivity contribution in [3.05, 3.63) is 104 Å². The highest BCUT2D eigenvalue weighted by Gasteiger charge is 2.36. The van der Waals surface area contributed by atoms with Gasteiger partial charge in [-0.15, -0.1) is 0 Å². The van der Waals surface area contributed by atoms with Crippen LogP contribution in [0.25, 0.3) is 17.0 Å². The molecule has 5 rings (SSSR count). The Labute approximate surface area is 238 Å². The van der Waals surface area contributed by atoms with Gasteiger partial charge in [0, 0.05) is 54.9 Å². The smallest absolute Gasteiger partial charge is 0.333 e. The molecule has 204 valence electrons. The predicted octanol–water partition coefficient (Wildman–Crippen LogP) is 7.06. The molecule has 1 aliphatic rings. The van der Waals surface area contributed by atoms with Crippen LogP contribution in [0.2, 0.25) is 10.2 Å². The van der Waals surface area contributed by atoms with Gasteiger partial charge in [0.2, 0.25) is 0 Å². The summed E-state index contributed by atoms with van der Waals surface area (Å²) >= 11 is 11.9. The number of alkyl halides is 3. The highest BCUT2D eigenvalue weighted by Crippen LogP contribution is 2.38. The van der Waals surface area contributed by atoms with Gasteiger partial charge in [-0.25, -0.2) is 9.78 Å². The van der Waals surface area contributed by atoms with Crippen molar-refractivity contribution in [1.82, 2.24) is 19.8 Å². The van der Waals surface area contributed by atoms with E-state index in [0.29, 0.717) is 47.7 Å². The number of fused-ring (bicyclic) bond motifs is 3. The summed E-state index contributed by atoms with van der Waals surface area (Å²) in [6, 6.07) is 14.0. The van der Waals surface area contributed by atoms with E-state index >= 15 is 0 Å². The third kappa shape index (κ3) is 5.85. The van der Waals surface area contributed by atoms with Crippen LogP contribution in [0, 0.1) is 11.3 Å². The fourth-order valence-electron chi connectivity index (χ4n) is 4.89. The van der Waals surface area contributed by atoms with Gasteiger partial charge in [0.25, 0.3) is 0 Å². The molecule has 0 fully saturated rings. The molecule has 0 unspecified atom stereocenters. The second-order valence-corrected chi connectivity index (χ2v) is 10.2. The number of nitrogens with one attached hydrogen (secondary N) is 1. The van der Waals surface area contributed by atoms with E-state index in [1.54, 1.807) is 30.3 Å². The number of amides is 1. The van der Waals surface area contributed by atoms with Crippen LogP contribution in [0.5, 0.6) is 0 Å². The lowest BCUT2D eigenvalue weighted by Gasteiger charge is -2.27. The van der Waals surface area contributed by atoms with Crippen molar-refractivity contribution in [2.24, 2.45) is 0 Å². The van der Waals surface area contributed by atoms with Gasteiger partial charge in [0.1, 0.15) is 5.15 Å². The molecule has 0 saturated carbocycles. The Balaban J connectivity index is 1.49. The number of rotatable bonds is 5. The highest BCUT2D eigenvalue weighted by molar-refractivity contribution is 6.30. The molecule has 0 bridgehead atoms. The number of nitrogens with zero attached hydrogens (tertiary/aromatic N) is 4. The normalized spacial score (nSPS) is 13.9. The minimum Gasteiger partial charge on any atom is -0.333 e. The molecule has 0 spiro atoms. The summed E-state index contributed by atoms with van der Waals surface area (Å²) < 4.78 is 42.9. The molecule has 0 atom stereocenters. The SMILES string of the molecule is N#Cc1cc2c3c(n(C(=O)NCc4ccnc(Cl)c4)c2cc1C(F)(F)F)CCN(CC=Cc1ccc(Cl)cc1)C3. The number of hydrogen-bond donors (Lipinski definition) is 1. The molecule has 3 heterocycles. The zero-order valence-electron chi connectivity index (χ0n) is 21.0. The molecule has 1 N–H and O–H groups in total. The first-order valence-electron chi connectivity index (χ1n) is 12.3. The summed E-state index contributed by atoms with van der Waals surface area (Å²) in [6.07, 6.45) is 1.17. The van der Waals surface area contributed by atoms with E-state index in [0.717, 1.165) is 17.2 Å². The lowest BCUT2D eigenvalue weighted by atomic mass is 10.00. The summed E-state index contributed by atoms with van der Waals surface area (Å²) in [5.41, 5.74) is 1.60. The molecule has 2 aromatic heterocycles. The molecule has 4 aromatic rings. The fourth-order valence-corrected chi connectivity index (χ4v) is 5.21. The molecule has 6 nitrogen and oxygen atoms in total. The number of halogens is 5. The van der Waals surface area contributed by atoms with Crippen molar-refractivity contribution in [3.8, 4) is 6.07 Å². The monoisotopic (exact) mass is 583 g/mol. The summed E-state index contributed by atoms with van der Waals surface area (Å²) in [5, 5.41) is 13.7. The number of carbonyl (C=O) groups excluding carboxylic acids is 1. The maximum Gasteiger partial charge on any atom is 0.417 e. The molecular weight excluding hydrogens is 562 g/mol. The van der Waals surface area contributed by atoms with Gasteiger partial charge in [-0.2, -0.15) is 18.4 Å². The molecular formula is C29H22Cl2F3N5O. The second kappa shape index (κ2) is 11.3. The van der Waals surface area contributed by atoms with E-state index in [-0.39, 0.29) is 17.2 Å². The quantitative estimate of drug-likeness (QED) is 0.255. The number of carbonyl (C=O) groups is 1. The first-order chi connectivity index (χ1) is 19.1. The standard InChI is InChI=1S/C29H22Cl2F3N5O/c30-21-5-3-18(4-6-21)2-1-10-38-11-8-25-23(17-38)22-13-20(15-35)24(29(32,33)34)14-26(22)39(25)28(40)37-16-19-7-9-36-27(31)12-19/h1-7,9,12-14H,8,10-11,16-17H2,(H,37,40). The van der Waals surface area contributed by atoms with E-state index in [9.17, 15) is 23.2 Å². The third-order valence-corrected chi connectivity index (χ3v) is 7.23. The van der Waals surface area contributed by atoms with Crippen LogP contribution < -0.4 is 5.32 Å². The van der Waals surface area contributed by atoms with Crippen LogP contribution in [0.1, 0.15) is 33.5 Å². The van der Waals surface area contributed by atoms with Crippen LogP contribution in [0.15, 0.2) is 60.8 Å². The molecule has 2 aromatic carbocycles. The van der Waals surface area contributed by atoms with Gasteiger partial charge in [-0.05, 0) is 53.1 Å². The van der Waals surface area contributed by atoms with Crippen molar-refractivity contribution in [2.45, 2.75) is 25.7 Å². The zero-order valence-corrected chi connectivity index (χ0v) is 22.5. The van der Waals surface area contributed by atoms with Crippen molar-refractivity contribution in [2.75, 3.05) is 13.1 Å². The second-order valence-electron chi connectivity index (χ2n) is 9.37. The maximum atomic E-state index is 13.8. The van der Waals surface area contributed by atoms with Crippen LogP contribution in [0.4, 0.5) is 18.0 Å². The van der Waals surface area contributed by atoms with Crippen LogP contribution in [-0.2, 0) is 25.7 Å². The summed E-state index contributed by atoms with van der Waals surface area (Å²) in [5.74, 6) is 0. The van der Waals surface area contributed by atoms with Crippen molar-refractivity contribution in [1.29, 1.82) is 5.26 Å². The lowest BCUT2D eigenvalue weighted by molar-refractivity contribution is -0.137. The van der Waals surface area contributed by atoms with Crippen LogP contribution >= 0.6 is 23.2 Å². The van der Waals surface area contributed by atoms with E-state index in [2.05, 4.69) is 15.2 Å². The van der Waals surface area contributed by atoms with Crippen LogP contribution in [-0.4, -0.2) is 33.6 Å². The van der Waals surface area contributed by atoms with Crippen molar-refractivity contribution >= 4 is 46.2 Å². The molecule has 0 saturated heterocycles. The van der Waals surface area contributed by atoms with Crippen LogP contribution in [0.3, 0.4) is 0 Å². The Morgan fingerprint density at radius 1 is 1.15 bits per heavy atom. The number of benzene rings is 2. The van der Waals surface area contributed by atoms with E-state index in [1.165, 1.54) is 16.8 Å². The first-order valence-corrected chi connectivity index (χ1v) is 13.1. The van der Waals surface area contributed by atoms with E-state index < -0.39 is 23.3 Å². The van der Waals surface area contributed by atoms with Gasteiger partial charge < -0.3 is 5.32 Å². The Morgan fingerprint density at radius 3 is 2.62 bits per heavy atom. The topological polar surface area (TPSA) is 74.0 Å². The van der Waals surface area contributed by atoms with Crippen molar-refractivity contribution < 1.29 is 18.0 Å². The number of pyridine rings is 1. The van der Waals surface area contributed by atoms with Gasteiger partial charge in [-0.3, -0.25) is 9.47 Å². The summed E-state index contributed by atoms with van der Waals surface area (Å²) in [6.45, 7) is 1.71. The largest absolute Gasteiger partial charge is 0.417 e. The molecule has 40 heavy (non-hydrogen) atoms. The van der Waals surface area contributed by atoms with E-state index in [1.807, 2.05) is 24.3 Å². The zero-order chi connectivity index (χ0) is 28.4. The molecule has 11 heteroatoms. The molecule has 1 aliphatic heterocycles. The summed E-state index contributed by atoms with van der Waals surface area (Å²) in [7, 11) is 0. The lowest BCUT2D eigenvalue weighted by Crippen LogP contribution is -2.34. The third-order valence-electron chi connectivity index (χ3n) is 6.77. The average Bonchev–Trinajstić information content (AvgIpc) is 3.24. The van der Waals surface area contributed by atoms with Gasteiger partial charge >= 0.3 is 12.2 Å². The van der Waals surface area contributed by atoms with Crippen molar-refractivity contribution in [3.63, 3.8) is 0 Å². The molecule has 0 radical (unpaired) electrons. The minimum atomic E-state index is -4.75. The number of nitriles is 1. The maximum absolute atomic E-state index is 13.8. The van der Waals surface area contributed by atoms with Gasteiger partial charge in [0.15, 0.2) is 0 Å². The Morgan fingerprint density at radius 2 is 1.93 bits per heavy atom. The molecule has 0 aliphatic carbocycles. The highest BCUT2D eigenvalue weighted by atomic mass is 35.5. The van der Waals surface area contributed by atoms with E-state index in [4.69, 9.17) is 23.2 Å². The Hall–Kier alpha value is -3.84. The predicted molar refractivity (Wildman–Crippen MR) is 148 cm³/mol. The fraction of sp³-hybridized carbons (Fsp3) is 0.207. The van der Waals surface area contributed by atoms with Gasteiger partial charge in [-0.1, -0.05) is 47.5 Å². The average molecular weight is 584 g/mol. The Bertz CT molecular complexity index is 1660. The summed E-state index contributed by atoms with van der Waals surface area (Å²) in [4.78, 5) is 19.5. The first kappa shape index (κ1) is 27.7. The minimum absolute atomic E-state index is 0.111. The molecule has 1 amide bonds.